The predicted octanol–water partition coefficient (Wildman–Crippen LogP) is 3.48. The number of halogens is 3. The maximum absolute atomic E-state index is 12.9. The minimum absolute atomic E-state index is 0.175. The molecule has 1 aromatic carbocycles. The lowest BCUT2D eigenvalue weighted by Crippen LogP contribution is -2.18. The van der Waals surface area contributed by atoms with Crippen molar-refractivity contribution in [1.29, 1.82) is 0 Å². The first-order valence-corrected chi connectivity index (χ1v) is 6.79. The van der Waals surface area contributed by atoms with Gasteiger partial charge in [0.15, 0.2) is 0 Å². The average Bonchev–Trinajstić information content (AvgIpc) is 2.85. The molecule has 7 heteroatoms. The fraction of sp³-hybridized carbons (Fsp3) is 0.286. The van der Waals surface area contributed by atoms with E-state index in [1.165, 1.54) is 12.1 Å². The van der Waals surface area contributed by atoms with Crippen LogP contribution in [0.2, 0.25) is 0 Å². The van der Waals surface area contributed by atoms with E-state index in [9.17, 15) is 13.2 Å². The SMILES string of the molecule is CCCc1nccn1-c1ccc(C(F)(F)F)c(C(N)=S)c1. The van der Waals surface area contributed by atoms with Crippen molar-refractivity contribution in [1.82, 2.24) is 9.55 Å². The Morgan fingerprint density at radius 3 is 2.67 bits per heavy atom. The van der Waals surface area contributed by atoms with Gasteiger partial charge >= 0.3 is 6.18 Å². The van der Waals surface area contributed by atoms with Gasteiger partial charge in [0.25, 0.3) is 0 Å². The molecule has 2 rings (SSSR count). The summed E-state index contributed by atoms with van der Waals surface area (Å²) >= 11 is 4.74. The zero-order valence-corrected chi connectivity index (χ0v) is 12.1. The van der Waals surface area contributed by atoms with Crippen molar-refractivity contribution in [2.45, 2.75) is 25.9 Å². The molecule has 0 saturated carbocycles. The highest BCUT2D eigenvalue weighted by Gasteiger charge is 2.34. The Balaban J connectivity index is 2.55. The van der Waals surface area contributed by atoms with Gasteiger partial charge in [-0.1, -0.05) is 19.1 Å². The summed E-state index contributed by atoms with van der Waals surface area (Å²) in [6.45, 7) is 2.01. The van der Waals surface area contributed by atoms with Gasteiger partial charge in [0, 0.05) is 30.1 Å². The van der Waals surface area contributed by atoms with E-state index in [0.29, 0.717) is 5.69 Å². The zero-order chi connectivity index (χ0) is 15.6. The Kier molecular flexibility index (Phi) is 4.32. The first-order valence-electron chi connectivity index (χ1n) is 6.38. The summed E-state index contributed by atoms with van der Waals surface area (Å²) in [6.07, 6.45) is 0.453. The van der Waals surface area contributed by atoms with Crippen molar-refractivity contribution in [2.24, 2.45) is 5.73 Å². The predicted molar refractivity (Wildman–Crippen MR) is 78.4 cm³/mol. The number of rotatable bonds is 4. The molecule has 2 N–H and O–H groups in total. The number of aryl methyl sites for hydroxylation is 1. The minimum Gasteiger partial charge on any atom is -0.389 e. The molecule has 0 spiro atoms. The molecule has 1 aromatic heterocycles. The van der Waals surface area contributed by atoms with Gasteiger partial charge in [0.2, 0.25) is 0 Å². The fourth-order valence-corrected chi connectivity index (χ4v) is 2.28. The van der Waals surface area contributed by atoms with Crippen LogP contribution in [-0.2, 0) is 12.6 Å². The van der Waals surface area contributed by atoms with E-state index in [-0.39, 0.29) is 10.6 Å². The van der Waals surface area contributed by atoms with Crippen molar-refractivity contribution < 1.29 is 13.2 Å². The normalized spacial score (nSPS) is 11.6. The van der Waals surface area contributed by atoms with E-state index < -0.39 is 11.7 Å². The van der Waals surface area contributed by atoms with Crippen LogP contribution in [0.4, 0.5) is 13.2 Å². The lowest BCUT2D eigenvalue weighted by Gasteiger charge is -2.15. The Morgan fingerprint density at radius 2 is 2.10 bits per heavy atom. The van der Waals surface area contributed by atoms with Gasteiger partial charge in [0.1, 0.15) is 10.8 Å². The fourth-order valence-electron chi connectivity index (χ4n) is 2.11. The molecular formula is C14H14F3N3S. The molecule has 1 heterocycles. The third-order valence-electron chi connectivity index (χ3n) is 3.04. The molecule has 0 fully saturated rings. The number of benzene rings is 1. The van der Waals surface area contributed by atoms with E-state index in [2.05, 4.69) is 4.98 Å². The summed E-state index contributed by atoms with van der Waals surface area (Å²) in [4.78, 5) is 3.93. The third-order valence-corrected chi connectivity index (χ3v) is 3.26. The molecule has 0 saturated heterocycles. The monoisotopic (exact) mass is 313 g/mol. The Bertz CT molecular complexity index is 662. The van der Waals surface area contributed by atoms with Crippen LogP contribution in [-0.4, -0.2) is 14.5 Å². The molecule has 0 unspecified atom stereocenters. The summed E-state index contributed by atoms with van der Waals surface area (Å²) < 4.78 is 40.6. The quantitative estimate of drug-likeness (QED) is 0.879. The Morgan fingerprint density at radius 1 is 1.38 bits per heavy atom. The van der Waals surface area contributed by atoms with Gasteiger partial charge in [-0.15, -0.1) is 0 Å². The van der Waals surface area contributed by atoms with Crippen molar-refractivity contribution in [2.75, 3.05) is 0 Å². The van der Waals surface area contributed by atoms with Crippen LogP contribution in [0.3, 0.4) is 0 Å². The second kappa shape index (κ2) is 5.85. The first-order chi connectivity index (χ1) is 9.84. The standard InChI is InChI=1S/C14H14F3N3S/c1-2-3-12-19-6-7-20(12)9-4-5-11(14(15,16)17)10(8-9)13(18)21/h4-8H,2-3H2,1H3,(H2,18,21). The second-order valence-electron chi connectivity index (χ2n) is 4.56. The number of aromatic nitrogens is 2. The molecule has 112 valence electrons. The van der Waals surface area contributed by atoms with Crippen LogP contribution in [0.5, 0.6) is 0 Å². The van der Waals surface area contributed by atoms with Crippen LogP contribution in [0.1, 0.15) is 30.3 Å². The molecule has 0 bridgehead atoms. The number of hydrogen-bond acceptors (Lipinski definition) is 2. The van der Waals surface area contributed by atoms with E-state index in [1.807, 2.05) is 6.92 Å². The summed E-state index contributed by atoms with van der Waals surface area (Å²) in [7, 11) is 0. The van der Waals surface area contributed by atoms with Crippen molar-refractivity contribution in [3.63, 3.8) is 0 Å². The number of imidazole rings is 1. The van der Waals surface area contributed by atoms with E-state index in [1.54, 1.807) is 17.0 Å². The molecule has 0 amide bonds. The third kappa shape index (κ3) is 3.24. The van der Waals surface area contributed by atoms with E-state index in [0.717, 1.165) is 24.7 Å². The van der Waals surface area contributed by atoms with Gasteiger partial charge in [-0.3, -0.25) is 0 Å². The molecule has 21 heavy (non-hydrogen) atoms. The number of nitrogens with two attached hydrogens (primary N) is 1. The molecule has 3 nitrogen and oxygen atoms in total. The molecule has 0 radical (unpaired) electrons. The number of hydrogen-bond donors (Lipinski definition) is 1. The van der Waals surface area contributed by atoms with Gasteiger partial charge in [-0.25, -0.2) is 4.98 Å². The molecule has 0 atom stereocenters. The van der Waals surface area contributed by atoms with Gasteiger partial charge in [0.05, 0.1) is 5.56 Å². The molecule has 2 aromatic rings. The highest BCUT2D eigenvalue weighted by atomic mass is 32.1. The lowest BCUT2D eigenvalue weighted by atomic mass is 10.1. The van der Waals surface area contributed by atoms with Crippen LogP contribution in [0.15, 0.2) is 30.6 Å². The molecule has 0 aliphatic carbocycles. The molecule has 0 aliphatic rings. The minimum atomic E-state index is -4.49. The van der Waals surface area contributed by atoms with Crippen LogP contribution in [0.25, 0.3) is 5.69 Å². The maximum Gasteiger partial charge on any atom is 0.417 e. The van der Waals surface area contributed by atoms with Crippen LogP contribution in [0, 0.1) is 0 Å². The zero-order valence-electron chi connectivity index (χ0n) is 11.3. The second-order valence-corrected chi connectivity index (χ2v) is 5.00. The van der Waals surface area contributed by atoms with Crippen molar-refractivity contribution >= 4 is 17.2 Å². The van der Waals surface area contributed by atoms with Crippen molar-refractivity contribution in [3.05, 3.63) is 47.5 Å². The van der Waals surface area contributed by atoms with E-state index in [4.69, 9.17) is 18.0 Å². The van der Waals surface area contributed by atoms with Gasteiger partial charge in [-0.2, -0.15) is 13.2 Å². The van der Waals surface area contributed by atoms with Gasteiger partial charge in [-0.05, 0) is 24.6 Å². The van der Waals surface area contributed by atoms with Crippen LogP contribution >= 0.6 is 12.2 Å². The largest absolute Gasteiger partial charge is 0.417 e. The maximum atomic E-state index is 12.9. The smallest absolute Gasteiger partial charge is 0.389 e. The summed E-state index contributed by atoms with van der Waals surface area (Å²) in [5.41, 5.74) is 5.00. The topological polar surface area (TPSA) is 43.8 Å². The summed E-state index contributed by atoms with van der Waals surface area (Å²) in [6, 6.07) is 3.75. The van der Waals surface area contributed by atoms with Gasteiger partial charge < -0.3 is 10.3 Å². The number of thiocarbonyl (C=S) groups is 1. The van der Waals surface area contributed by atoms with Crippen molar-refractivity contribution in [3.8, 4) is 5.69 Å². The summed E-state index contributed by atoms with van der Waals surface area (Å²) in [5, 5.41) is 0. The van der Waals surface area contributed by atoms with Crippen LogP contribution < -0.4 is 5.73 Å². The highest BCUT2D eigenvalue weighted by molar-refractivity contribution is 7.80. The lowest BCUT2D eigenvalue weighted by molar-refractivity contribution is -0.137. The van der Waals surface area contributed by atoms with E-state index >= 15 is 0 Å². The number of nitrogens with zero attached hydrogens (tertiary/aromatic N) is 2. The Labute approximate surface area is 125 Å². The Hall–Kier alpha value is -1.89. The first kappa shape index (κ1) is 15.5. The average molecular weight is 313 g/mol. The molecular weight excluding hydrogens is 299 g/mol. The summed E-state index contributed by atoms with van der Waals surface area (Å²) in [5.74, 6) is 0.783. The molecule has 0 aliphatic heterocycles. The highest BCUT2D eigenvalue weighted by Crippen LogP contribution is 2.33. The number of alkyl halides is 3.